The molecule has 3 rings (SSSR count). The van der Waals surface area contributed by atoms with E-state index in [1.54, 1.807) is 50.2 Å². The summed E-state index contributed by atoms with van der Waals surface area (Å²) in [5, 5.41) is 16.9. The number of carbonyl (C=O) groups excluding carboxylic acids is 4. The minimum Gasteiger partial charge on any atom is -0.386 e. The van der Waals surface area contributed by atoms with Crippen molar-refractivity contribution in [1.82, 2.24) is 30.3 Å². The summed E-state index contributed by atoms with van der Waals surface area (Å²) in [5.74, 6) is -1.92. The molecule has 1 aliphatic heterocycles. The van der Waals surface area contributed by atoms with Crippen LogP contribution in [-0.4, -0.2) is 126 Å². The van der Waals surface area contributed by atoms with Crippen LogP contribution in [0.1, 0.15) is 91.4 Å². The first-order valence-electron chi connectivity index (χ1n) is 20.7. The number of nitrogens with one attached hydrogen (secondary N) is 2. The van der Waals surface area contributed by atoms with Gasteiger partial charge in [-0.25, -0.2) is 0 Å². The Morgan fingerprint density at radius 2 is 1.55 bits per heavy atom. The highest BCUT2D eigenvalue weighted by Gasteiger charge is 2.43. The number of aliphatic hydroxyl groups is 1. The van der Waals surface area contributed by atoms with Gasteiger partial charge in [-0.1, -0.05) is 84.0 Å². The van der Waals surface area contributed by atoms with Gasteiger partial charge in [-0.3, -0.25) is 29.1 Å². The van der Waals surface area contributed by atoms with E-state index in [0.29, 0.717) is 37.1 Å². The van der Waals surface area contributed by atoms with Gasteiger partial charge in [-0.05, 0) is 68.3 Å². The maximum absolute atomic E-state index is 14.4. The Hall–Kier alpha value is -4.17. The highest BCUT2D eigenvalue weighted by molar-refractivity contribution is 5.90. The lowest BCUT2D eigenvalue weighted by atomic mass is 9.92. The monoisotopic (exact) mass is 807 g/mol. The number of likely N-dealkylation sites (tertiary alicyclic amines) is 1. The number of aromatic nitrogens is 1. The second-order valence-corrected chi connectivity index (χ2v) is 16.5. The van der Waals surface area contributed by atoms with Crippen molar-refractivity contribution in [2.24, 2.45) is 17.8 Å². The molecule has 9 atom stereocenters. The fourth-order valence-corrected chi connectivity index (χ4v) is 8.26. The zero-order valence-electron chi connectivity index (χ0n) is 36.7. The molecule has 2 heterocycles. The van der Waals surface area contributed by atoms with Crippen LogP contribution in [0.2, 0.25) is 0 Å². The van der Waals surface area contributed by atoms with Crippen molar-refractivity contribution >= 4 is 23.6 Å². The summed E-state index contributed by atoms with van der Waals surface area (Å²) in [6, 6.07) is 10.1. The Labute approximate surface area is 346 Å². The van der Waals surface area contributed by atoms with Crippen LogP contribution in [0.5, 0.6) is 0 Å². The number of ether oxygens (including phenoxy) is 2. The SMILES string of the molecule is C=C(CC)[C@@H]([C@@H](CC(=O)N1CCCC1C(OC)[C@@H](C)C(=O)N[C@H](C)[C@@H](O)c1ccccc1)OC)N(C)C(=O)[C@@H](NC(=O)[C@H](C(C)C)N(C)Cc1ccncc1)C(C)C. The van der Waals surface area contributed by atoms with Gasteiger partial charge in [0.1, 0.15) is 6.04 Å². The largest absolute Gasteiger partial charge is 0.386 e. The summed E-state index contributed by atoms with van der Waals surface area (Å²) in [4.78, 5) is 65.6. The molecule has 58 heavy (non-hydrogen) atoms. The summed E-state index contributed by atoms with van der Waals surface area (Å²) >= 11 is 0. The van der Waals surface area contributed by atoms with E-state index in [-0.39, 0.29) is 47.9 Å². The lowest BCUT2D eigenvalue weighted by Gasteiger charge is -2.39. The summed E-state index contributed by atoms with van der Waals surface area (Å²) in [5.41, 5.74) is 2.44. The molecular weight excluding hydrogens is 737 g/mol. The van der Waals surface area contributed by atoms with Crippen LogP contribution in [0.25, 0.3) is 0 Å². The number of carbonyl (C=O) groups is 4. The fourth-order valence-electron chi connectivity index (χ4n) is 8.26. The number of pyridine rings is 1. The first kappa shape index (κ1) is 48.2. The molecule has 13 nitrogen and oxygen atoms in total. The maximum atomic E-state index is 14.4. The van der Waals surface area contributed by atoms with Crippen molar-refractivity contribution in [1.29, 1.82) is 0 Å². The van der Waals surface area contributed by atoms with Crippen molar-refractivity contribution in [2.75, 3.05) is 34.9 Å². The molecule has 0 aliphatic carbocycles. The molecule has 0 bridgehead atoms. The highest BCUT2D eigenvalue weighted by Crippen LogP contribution is 2.30. The molecule has 1 aromatic heterocycles. The normalized spacial score (nSPS) is 18.5. The number of amides is 4. The van der Waals surface area contributed by atoms with Crippen molar-refractivity contribution in [3.05, 3.63) is 78.1 Å². The van der Waals surface area contributed by atoms with Crippen molar-refractivity contribution in [3.8, 4) is 0 Å². The van der Waals surface area contributed by atoms with Crippen molar-refractivity contribution in [2.45, 2.75) is 129 Å². The lowest BCUT2D eigenvalue weighted by molar-refractivity contribution is -0.145. The van der Waals surface area contributed by atoms with Crippen LogP contribution in [0, 0.1) is 17.8 Å². The smallest absolute Gasteiger partial charge is 0.245 e. The third-order valence-corrected chi connectivity index (χ3v) is 11.6. The van der Waals surface area contributed by atoms with E-state index in [2.05, 4.69) is 22.2 Å². The first-order chi connectivity index (χ1) is 27.5. The van der Waals surface area contributed by atoms with Crippen LogP contribution in [-0.2, 0) is 35.2 Å². The third-order valence-electron chi connectivity index (χ3n) is 11.6. The predicted octanol–water partition coefficient (Wildman–Crippen LogP) is 4.76. The Morgan fingerprint density at radius 3 is 2.10 bits per heavy atom. The van der Waals surface area contributed by atoms with Gasteiger partial charge in [0, 0.05) is 46.8 Å². The number of aliphatic hydroxyl groups excluding tert-OH is 1. The second kappa shape index (κ2) is 22.8. The summed E-state index contributed by atoms with van der Waals surface area (Å²) in [6.45, 7) is 18.6. The second-order valence-electron chi connectivity index (χ2n) is 16.5. The summed E-state index contributed by atoms with van der Waals surface area (Å²) in [6.07, 6.45) is 3.09. The van der Waals surface area contributed by atoms with Gasteiger partial charge in [0.15, 0.2) is 0 Å². The number of hydrogen-bond acceptors (Lipinski definition) is 9. The average Bonchev–Trinajstić information content (AvgIpc) is 3.69. The number of likely N-dealkylation sites (N-methyl/N-ethyl adjacent to an activating group) is 2. The molecule has 0 radical (unpaired) electrons. The molecule has 2 unspecified atom stereocenters. The van der Waals surface area contributed by atoms with Gasteiger partial charge in [-0.15, -0.1) is 0 Å². The molecule has 1 saturated heterocycles. The van der Waals surface area contributed by atoms with E-state index in [9.17, 15) is 24.3 Å². The van der Waals surface area contributed by atoms with Crippen LogP contribution in [0.15, 0.2) is 67.0 Å². The molecule has 13 heteroatoms. The molecular formula is C45H70N6O7. The summed E-state index contributed by atoms with van der Waals surface area (Å²) in [7, 11) is 6.65. The predicted molar refractivity (Wildman–Crippen MR) is 226 cm³/mol. The molecule has 4 amide bonds. The Kier molecular flexibility index (Phi) is 19.0. The van der Waals surface area contributed by atoms with E-state index in [1.807, 2.05) is 89.0 Å². The molecule has 1 aliphatic rings. The quantitative estimate of drug-likeness (QED) is 0.143. The van der Waals surface area contributed by atoms with Crippen molar-refractivity contribution < 1.29 is 33.8 Å². The van der Waals surface area contributed by atoms with Gasteiger partial charge in [0.05, 0.1) is 54.8 Å². The van der Waals surface area contributed by atoms with E-state index in [0.717, 1.165) is 12.0 Å². The Balaban J connectivity index is 1.77. The molecule has 322 valence electrons. The Bertz CT molecular complexity index is 1630. The van der Waals surface area contributed by atoms with Gasteiger partial charge >= 0.3 is 0 Å². The minimum atomic E-state index is -0.890. The Morgan fingerprint density at radius 1 is 0.914 bits per heavy atom. The number of benzene rings is 1. The van der Waals surface area contributed by atoms with E-state index >= 15 is 0 Å². The maximum Gasteiger partial charge on any atom is 0.245 e. The van der Waals surface area contributed by atoms with Crippen LogP contribution >= 0.6 is 0 Å². The minimum absolute atomic E-state index is 0.0374. The fraction of sp³-hybridized carbons (Fsp3) is 0.622. The first-order valence-corrected chi connectivity index (χ1v) is 20.7. The average molecular weight is 807 g/mol. The van der Waals surface area contributed by atoms with Gasteiger partial charge in [0.25, 0.3) is 0 Å². The molecule has 1 fully saturated rings. The third kappa shape index (κ3) is 12.4. The van der Waals surface area contributed by atoms with Crippen LogP contribution < -0.4 is 10.6 Å². The van der Waals surface area contributed by atoms with Crippen LogP contribution in [0.3, 0.4) is 0 Å². The number of hydrogen-bond donors (Lipinski definition) is 3. The molecule has 0 spiro atoms. The van der Waals surface area contributed by atoms with Gasteiger partial charge in [0.2, 0.25) is 23.6 Å². The number of rotatable bonds is 22. The van der Waals surface area contributed by atoms with E-state index in [4.69, 9.17) is 9.47 Å². The van der Waals surface area contributed by atoms with E-state index < -0.39 is 48.4 Å². The number of methoxy groups -OCH3 is 2. The molecule has 2 aromatic rings. The lowest BCUT2D eigenvalue weighted by Crippen LogP contribution is -2.59. The van der Waals surface area contributed by atoms with Crippen molar-refractivity contribution in [3.63, 3.8) is 0 Å². The molecule has 0 saturated carbocycles. The zero-order valence-corrected chi connectivity index (χ0v) is 36.7. The van der Waals surface area contributed by atoms with Gasteiger partial charge in [-0.2, -0.15) is 0 Å². The van der Waals surface area contributed by atoms with E-state index in [1.165, 1.54) is 7.11 Å². The van der Waals surface area contributed by atoms with Crippen LogP contribution in [0.4, 0.5) is 0 Å². The topological polar surface area (TPSA) is 154 Å². The van der Waals surface area contributed by atoms with Gasteiger partial charge < -0.3 is 35.0 Å². The molecule has 3 N–H and O–H groups in total. The summed E-state index contributed by atoms with van der Waals surface area (Å²) < 4.78 is 11.9. The zero-order chi connectivity index (χ0) is 43.3. The number of nitrogens with zero attached hydrogens (tertiary/aromatic N) is 4. The molecule has 1 aromatic carbocycles. The standard InChI is InChI=1S/C45H70N6O7/c1-13-30(6)40(50(10)45(56)38(28(2)3)48-44(55)39(29(4)5)49(9)27-33-21-23-46-24-22-33)36(57-11)26-37(52)51-25-17-20-35(51)42(58-12)31(7)43(54)47-32(8)41(53)34-18-15-14-16-19-34/h14-16,18-19,21-24,28-29,31-32,35-36,38-42,53H,6,13,17,20,25-27H2,1-5,7-12H3,(H,47,54)(H,48,55)/t31-,32-,35?,36-,38+,39+,40+,41-,42?/m1/s1. The highest BCUT2D eigenvalue weighted by atomic mass is 16.5.